The van der Waals surface area contributed by atoms with Crippen molar-refractivity contribution in [2.24, 2.45) is 0 Å². The molecule has 0 heterocycles. The van der Waals surface area contributed by atoms with Crippen molar-refractivity contribution in [3.63, 3.8) is 0 Å². The fourth-order valence-corrected chi connectivity index (χ4v) is 2.45. The normalized spacial score (nSPS) is 10.3. The molecule has 2 nitrogen and oxygen atoms in total. The summed E-state index contributed by atoms with van der Waals surface area (Å²) in [4.78, 5) is 12.1. The van der Waals surface area contributed by atoms with E-state index in [0.717, 1.165) is 17.3 Å². The van der Waals surface area contributed by atoms with Crippen LogP contribution in [0.2, 0.25) is 0 Å². The number of carbonyl (C=O) groups is 1. The average molecular weight is 332 g/mol. The van der Waals surface area contributed by atoms with Gasteiger partial charge in [0.25, 0.3) is 5.91 Å². The molecule has 0 aliphatic heterocycles. The number of carbonyl (C=O) groups excluding carboxylic acids is 1. The lowest BCUT2D eigenvalue weighted by Gasteiger charge is -2.08. The van der Waals surface area contributed by atoms with Gasteiger partial charge in [-0.05, 0) is 42.2 Å². The number of aryl methyl sites for hydroxylation is 1. The zero-order chi connectivity index (χ0) is 14.4. The van der Waals surface area contributed by atoms with Gasteiger partial charge in [0.15, 0.2) is 0 Å². The Bertz CT molecular complexity index is 595. The van der Waals surface area contributed by atoms with Gasteiger partial charge < -0.3 is 5.32 Å². The summed E-state index contributed by atoms with van der Waals surface area (Å²) >= 11 is 3.40. The molecule has 2 rings (SSSR count). The lowest BCUT2D eigenvalue weighted by Crippen LogP contribution is -2.25. The van der Waals surface area contributed by atoms with Gasteiger partial charge in [-0.3, -0.25) is 4.79 Å². The smallest absolute Gasteiger partial charge is 0.251 e. The van der Waals surface area contributed by atoms with Gasteiger partial charge >= 0.3 is 0 Å². The van der Waals surface area contributed by atoms with Gasteiger partial charge in [0, 0.05) is 17.4 Å². The molecule has 2 aromatic rings. The van der Waals surface area contributed by atoms with E-state index in [0.29, 0.717) is 12.1 Å². The van der Waals surface area contributed by atoms with Crippen molar-refractivity contribution in [2.45, 2.75) is 18.7 Å². The monoisotopic (exact) mass is 331 g/mol. The maximum Gasteiger partial charge on any atom is 0.251 e. The highest BCUT2D eigenvalue weighted by Gasteiger charge is 2.05. The highest BCUT2D eigenvalue weighted by atomic mass is 79.9. The number of halogens is 1. The van der Waals surface area contributed by atoms with E-state index in [-0.39, 0.29) is 5.91 Å². The maximum atomic E-state index is 12.1. The first-order chi connectivity index (χ1) is 9.70. The molecule has 0 bridgehead atoms. The first kappa shape index (κ1) is 14.8. The molecule has 3 heteroatoms. The minimum absolute atomic E-state index is 0.0126. The predicted molar refractivity (Wildman–Crippen MR) is 86.3 cm³/mol. The van der Waals surface area contributed by atoms with Crippen LogP contribution in [0.4, 0.5) is 0 Å². The molecule has 1 N–H and O–H groups in total. The Hall–Kier alpha value is -1.61. The highest BCUT2D eigenvalue weighted by molar-refractivity contribution is 9.08. The van der Waals surface area contributed by atoms with Crippen molar-refractivity contribution in [3.05, 3.63) is 70.8 Å². The third-order valence-corrected chi connectivity index (χ3v) is 3.93. The van der Waals surface area contributed by atoms with E-state index in [1.165, 1.54) is 11.1 Å². The van der Waals surface area contributed by atoms with Crippen molar-refractivity contribution in [1.82, 2.24) is 5.32 Å². The zero-order valence-corrected chi connectivity index (χ0v) is 13.1. The third-order valence-electron chi connectivity index (χ3n) is 3.28. The number of amides is 1. The van der Waals surface area contributed by atoms with Crippen LogP contribution in [0.5, 0.6) is 0 Å². The summed E-state index contributed by atoms with van der Waals surface area (Å²) in [5.41, 5.74) is 4.37. The summed E-state index contributed by atoms with van der Waals surface area (Å²) in [5, 5.41) is 3.73. The molecule has 0 aliphatic carbocycles. The number of benzene rings is 2. The van der Waals surface area contributed by atoms with Gasteiger partial charge in [0.1, 0.15) is 0 Å². The Morgan fingerprint density at radius 2 is 1.95 bits per heavy atom. The fourth-order valence-electron chi connectivity index (χ4n) is 2.10. The summed E-state index contributed by atoms with van der Waals surface area (Å²) < 4.78 is 0. The Morgan fingerprint density at radius 1 is 1.15 bits per heavy atom. The minimum Gasteiger partial charge on any atom is -0.352 e. The number of alkyl halides is 1. The van der Waals surface area contributed by atoms with Crippen LogP contribution in [0.3, 0.4) is 0 Å². The second kappa shape index (κ2) is 7.25. The summed E-state index contributed by atoms with van der Waals surface area (Å²) in [5.74, 6) is -0.0126. The van der Waals surface area contributed by atoms with Crippen LogP contribution in [0.1, 0.15) is 27.0 Å². The van der Waals surface area contributed by atoms with Crippen LogP contribution in [0.15, 0.2) is 48.5 Å². The molecule has 0 aliphatic rings. The van der Waals surface area contributed by atoms with Crippen LogP contribution < -0.4 is 5.32 Å². The molecule has 0 spiro atoms. The molecular weight excluding hydrogens is 314 g/mol. The van der Waals surface area contributed by atoms with Crippen LogP contribution in [-0.2, 0) is 11.8 Å². The molecule has 0 aromatic heterocycles. The fraction of sp³-hybridized carbons (Fsp3) is 0.235. The van der Waals surface area contributed by atoms with Crippen LogP contribution in [0, 0.1) is 6.92 Å². The SMILES string of the molecule is Cc1ccccc1CCNC(=O)c1cccc(CBr)c1. The van der Waals surface area contributed by atoms with Gasteiger partial charge in [0.2, 0.25) is 0 Å². The largest absolute Gasteiger partial charge is 0.352 e. The Labute approximate surface area is 128 Å². The average Bonchev–Trinajstić information content (AvgIpc) is 2.49. The van der Waals surface area contributed by atoms with E-state index >= 15 is 0 Å². The topological polar surface area (TPSA) is 29.1 Å². The van der Waals surface area contributed by atoms with Crippen molar-refractivity contribution < 1.29 is 4.79 Å². The van der Waals surface area contributed by atoms with E-state index in [2.05, 4.69) is 40.3 Å². The summed E-state index contributed by atoms with van der Waals surface area (Å²) in [6.45, 7) is 2.75. The van der Waals surface area contributed by atoms with E-state index in [4.69, 9.17) is 0 Å². The lowest BCUT2D eigenvalue weighted by atomic mass is 10.1. The van der Waals surface area contributed by atoms with Gasteiger partial charge in [-0.15, -0.1) is 0 Å². The van der Waals surface area contributed by atoms with Crippen molar-refractivity contribution >= 4 is 21.8 Å². The second-order valence-electron chi connectivity index (χ2n) is 4.77. The summed E-state index contributed by atoms with van der Waals surface area (Å²) in [7, 11) is 0. The van der Waals surface area contributed by atoms with Crippen LogP contribution in [-0.4, -0.2) is 12.5 Å². The second-order valence-corrected chi connectivity index (χ2v) is 5.33. The first-order valence-corrected chi connectivity index (χ1v) is 7.80. The quantitative estimate of drug-likeness (QED) is 0.828. The molecule has 0 atom stereocenters. The summed E-state index contributed by atoms with van der Waals surface area (Å²) in [6, 6.07) is 15.9. The third kappa shape index (κ3) is 3.94. The van der Waals surface area contributed by atoms with E-state index in [1.807, 2.05) is 36.4 Å². The van der Waals surface area contributed by atoms with Gasteiger partial charge in [-0.2, -0.15) is 0 Å². The van der Waals surface area contributed by atoms with Gasteiger partial charge in [-0.25, -0.2) is 0 Å². The molecule has 1 amide bonds. The number of hydrogen-bond acceptors (Lipinski definition) is 1. The van der Waals surface area contributed by atoms with Gasteiger partial charge in [0.05, 0.1) is 0 Å². The van der Waals surface area contributed by atoms with E-state index in [9.17, 15) is 4.79 Å². The van der Waals surface area contributed by atoms with Crippen molar-refractivity contribution in [1.29, 1.82) is 0 Å². The lowest BCUT2D eigenvalue weighted by molar-refractivity contribution is 0.0954. The van der Waals surface area contributed by atoms with E-state index in [1.54, 1.807) is 0 Å². The predicted octanol–water partition coefficient (Wildman–Crippen LogP) is 3.86. The van der Waals surface area contributed by atoms with E-state index < -0.39 is 0 Å². The van der Waals surface area contributed by atoms with Crippen molar-refractivity contribution in [2.75, 3.05) is 6.54 Å². The molecule has 104 valence electrons. The number of hydrogen-bond donors (Lipinski definition) is 1. The maximum absolute atomic E-state index is 12.1. The van der Waals surface area contributed by atoms with Crippen molar-refractivity contribution in [3.8, 4) is 0 Å². The summed E-state index contributed by atoms with van der Waals surface area (Å²) in [6.07, 6.45) is 0.858. The minimum atomic E-state index is -0.0126. The standard InChI is InChI=1S/C17H18BrNO/c1-13-5-2-3-7-15(13)9-10-19-17(20)16-8-4-6-14(11-16)12-18/h2-8,11H,9-10,12H2,1H3,(H,19,20). The number of nitrogens with one attached hydrogen (secondary N) is 1. The van der Waals surface area contributed by atoms with Crippen LogP contribution in [0.25, 0.3) is 0 Å². The molecule has 2 aromatic carbocycles. The Morgan fingerprint density at radius 3 is 2.70 bits per heavy atom. The molecule has 20 heavy (non-hydrogen) atoms. The molecule has 0 saturated carbocycles. The van der Waals surface area contributed by atoms with Gasteiger partial charge in [-0.1, -0.05) is 52.3 Å². The highest BCUT2D eigenvalue weighted by Crippen LogP contribution is 2.09. The Balaban J connectivity index is 1.91. The zero-order valence-electron chi connectivity index (χ0n) is 11.5. The molecule has 0 saturated heterocycles. The molecular formula is C17H18BrNO. The molecule has 0 radical (unpaired) electrons. The van der Waals surface area contributed by atoms with Crippen LogP contribution >= 0.6 is 15.9 Å². The number of rotatable bonds is 5. The molecule has 0 unspecified atom stereocenters. The Kier molecular flexibility index (Phi) is 5.36. The molecule has 0 fully saturated rings. The first-order valence-electron chi connectivity index (χ1n) is 6.68.